The Balaban J connectivity index is 2.91. The van der Waals surface area contributed by atoms with Crippen LogP contribution >= 0.6 is 0 Å². The SMILES string of the molecule is COC(=O)C(NC(=O)c1ccc(F)cc1O)C(C)C. The Kier molecular flexibility index (Phi) is 4.86. The Hall–Kier alpha value is -2.11. The number of hydrogen-bond donors (Lipinski definition) is 2. The van der Waals surface area contributed by atoms with Crippen molar-refractivity contribution in [3.05, 3.63) is 29.6 Å². The van der Waals surface area contributed by atoms with Crippen LogP contribution in [0, 0.1) is 11.7 Å². The van der Waals surface area contributed by atoms with Crippen molar-refractivity contribution < 1.29 is 23.8 Å². The molecule has 0 radical (unpaired) electrons. The molecule has 0 spiro atoms. The predicted molar refractivity (Wildman–Crippen MR) is 66.2 cm³/mol. The maximum atomic E-state index is 12.8. The van der Waals surface area contributed by atoms with Crippen molar-refractivity contribution in [2.24, 2.45) is 5.92 Å². The second-order valence-electron chi connectivity index (χ2n) is 4.38. The lowest BCUT2D eigenvalue weighted by Gasteiger charge is -2.20. The minimum absolute atomic E-state index is 0.101. The van der Waals surface area contributed by atoms with Gasteiger partial charge in [0.25, 0.3) is 5.91 Å². The molecule has 0 saturated heterocycles. The highest BCUT2D eigenvalue weighted by molar-refractivity contribution is 5.99. The van der Waals surface area contributed by atoms with Crippen LogP contribution < -0.4 is 5.32 Å². The average Bonchev–Trinajstić information content (AvgIpc) is 2.34. The van der Waals surface area contributed by atoms with Crippen LogP contribution in [0.5, 0.6) is 5.75 Å². The van der Waals surface area contributed by atoms with Crippen molar-refractivity contribution in [3.8, 4) is 5.75 Å². The number of amides is 1. The summed E-state index contributed by atoms with van der Waals surface area (Å²) in [5.41, 5.74) is -0.101. The summed E-state index contributed by atoms with van der Waals surface area (Å²) in [5, 5.41) is 11.9. The molecule has 1 amide bonds. The average molecular weight is 269 g/mol. The van der Waals surface area contributed by atoms with Crippen molar-refractivity contribution in [3.63, 3.8) is 0 Å². The van der Waals surface area contributed by atoms with Crippen LogP contribution in [-0.4, -0.2) is 30.1 Å². The third kappa shape index (κ3) is 3.67. The van der Waals surface area contributed by atoms with E-state index in [2.05, 4.69) is 10.1 Å². The van der Waals surface area contributed by atoms with E-state index in [1.807, 2.05) is 0 Å². The summed E-state index contributed by atoms with van der Waals surface area (Å²) < 4.78 is 17.4. The largest absolute Gasteiger partial charge is 0.507 e. The molecule has 0 aliphatic heterocycles. The highest BCUT2D eigenvalue weighted by atomic mass is 19.1. The second-order valence-corrected chi connectivity index (χ2v) is 4.38. The zero-order chi connectivity index (χ0) is 14.6. The van der Waals surface area contributed by atoms with E-state index in [1.165, 1.54) is 7.11 Å². The van der Waals surface area contributed by atoms with Gasteiger partial charge in [0.2, 0.25) is 0 Å². The molecule has 0 bridgehead atoms. The normalized spacial score (nSPS) is 12.1. The zero-order valence-corrected chi connectivity index (χ0v) is 10.9. The molecule has 0 aliphatic carbocycles. The molecule has 5 nitrogen and oxygen atoms in total. The molecule has 19 heavy (non-hydrogen) atoms. The second kappa shape index (κ2) is 6.17. The Morgan fingerprint density at radius 1 is 1.37 bits per heavy atom. The number of phenolic OH excluding ortho intramolecular Hbond substituents is 1. The minimum Gasteiger partial charge on any atom is -0.507 e. The molecule has 1 rings (SSSR count). The van der Waals surface area contributed by atoms with E-state index in [0.29, 0.717) is 0 Å². The number of rotatable bonds is 4. The van der Waals surface area contributed by atoms with Gasteiger partial charge in [-0.1, -0.05) is 13.8 Å². The predicted octanol–water partition coefficient (Wildman–Crippen LogP) is 1.46. The van der Waals surface area contributed by atoms with Gasteiger partial charge in [-0.25, -0.2) is 9.18 Å². The summed E-state index contributed by atoms with van der Waals surface area (Å²) in [4.78, 5) is 23.4. The number of hydrogen-bond acceptors (Lipinski definition) is 4. The van der Waals surface area contributed by atoms with E-state index < -0.39 is 29.5 Å². The smallest absolute Gasteiger partial charge is 0.328 e. The van der Waals surface area contributed by atoms with Crippen molar-refractivity contribution >= 4 is 11.9 Å². The summed E-state index contributed by atoms with van der Waals surface area (Å²) >= 11 is 0. The standard InChI is InChI=1S/C13H16FNO4/c1-7(2)11(13(18)19-3)15-12(17)9-5-4-8(14)6-10(9)16/h4-7,11,16H,1-3H3,(H,15,17). The number of ether oxygens (including phenoxy) is 1. The first-order chi connectivity index (χ1) is 8.86. The van der Waals surface area contributed by atoms with Crippen LogP contribution in [0.15, 0.2) is 18.2 Å². The molecule has 0 saturated carbocycles. The topological polar surface area (TPSA) is 75.6 Å². The van der Waals surface area contributed by atoms with E-state index in [4.69, 9.17) is 0 Å². The summed E-state index contributed by atoms with van der Waals surface area (Å²) in [5.74, 6) is -2.56. The summed E-state index contributed by atoms with van der Waals surface area (Å²) in [6.45, 7) is 3.48. The molecule has 104 valence electrons. The van der Waals surface area contributed by atoms with Crippen LogP contribution in [0.25, 0.3) is 0 Å². The van der Waals surface area contributed by atoms with Gasteiger partial charge in [0, 0.05) is 6.07 Å². The number of carbonyl (C=O) groups is 2. The van der Waals surface area contributed by atoms with Crippen molar-refractivity contribution in [2.45, 2.75) is 19.9 Å². The number of methoxy groups -OCH3 is 1. The van der Waals surface area contributed by atoms with Gasteiger partial charge in [0.15, 0.2) is 0 Å². The fourth-order valence-corrected chi connectivity index (χ4v) is 1.54. The molecule has 1 aromatic rings. The molecule has 1 aromatic carbocycles. The molecule has 0 fully saturated rings. The van der Waals surface area contributed by atoms with E-state index >= 15 is 0 Å². The van der Waals surface area contributed by atoms with Gasteiger partial charge in [-0.3, -0.25) is 4.79 Å². The van der Waals surface area contributed by atoms with E-state index in [0.717, 1.165) is 18.2 Å². The Bertz CT molecular complexity index is 488. The molecule has 1 atom stereocenters. The van der Waals surface area contributed by atoms with Gasteiger partial charge in [-0.2, -0.15) is 0 Å². The lowest BCUT2D eigenvalue weighted by molar-refractivity contribution is -0.144. The van der Waals surface area contributed by atoms with Gasteiger partial charge < -0.3 is 15.2 Å². The summed E-state index contributed by atoms with van der Waals surface area (Å²) in [6, 6.07) is 2.20. The van der Waals surface area contributed by atoms with Crippen molar-refractivity contribution in [1.82, 2.24) is 5.32 Å². The molecular formula is C13H16FNO4. The number of aromatic hydroxyl groups is 1. The Morgan fingerprint density at radius 3 is 2.47 bits per heavy atom. The summed E-state index contributed by atoms with van der Waals surface area (Å²) in [7, 11) is 1.22. The molecule has 0 aliphatic rings. The highest BCUT2D eigenvalue weighted by Crippen LogP contribution is 2.18. The minimum atomic E-state index is -0.832. The monoisotopic (exact) mass is 269 g/mol. The van der Waals surface area contributed by atoms with Gasteiger partial charge in [-0.05, 0) is 18.1 Å². The van der Waals surface area contributed by atoms with Gasteiger partial charge in [0.05, 0.1) is 12.7 Å². The van der Waals surface area contributed by atoms with Gasteiger partial charge in [-0.15, -0.1) is 0 Å². The van der Waals surface area contributed by atoms with E-state index in [-0.39, 0.29) is 11.5 Å². The van der Waals surface area contributed by atoms with E-state index in [1.54, 1.807) is 13.8 Å². The Labute approximate surface area is 110 Å². The molecule has 0 heterocycles. The van der Waals surface area contributed by atoms with Crippen LogP contribution in [0.4, 0.5) is 4.39 Å². The molecule has 0 aromatic heterocycles. The lowest BCUT2D eigenvalue weighted by atomic mass is 10.0. The third-order valence-electron chi connectivity index (χ3n) is 2.61. The van der Waals surface area contributed by atoms with Gasteiger partial charge in [0.1, 0.15) is 17.6 Å². The lowest BCUT2D eigenvalue weighted by Crippen LogP contribution is -2.45. The first-order valence-corrected chi connectivity index (χ1v) is 5.74. The number of carbonyl (C=O) groups excluding carboxylic acids is 2. The number of halogens is 1. The van der Waals surface area contributed by atoms with Crippen LogP contribution in [0.2, 0.25) is 0 Å². The molecule has 2 N–H and O–H groups in total. The highest BCUT2D eigenvalue weighted by Gasteiger charge is 2.26. The summed E-state index contributed by atoms with van der Waals surface area (Å²) in [6.07, 6.45) is 0. The number of nitrogens with one attached hydrogen (secondary N) is 1. The van der Waals surface area contributed by atoms with E-state index in [9.17, 15) is 19.1 Å². The fourth-order valence-electron chi connectivity index (χ4n) is 1.54. The quantitative estimate of drug-likeness (QED) is 0.811. The number of phenols is 1. The first kappa shape index (κ1) is 14.9. The van der Waals surface area contributed by atoms with Crippen LogP contribution in [0.1, 0.15) is 24.2 Å². The Morgan fingerprint density at radius 2 is 2.00 bits per heavy atom. The number of esters is 1. The van der Waals surface area contributed by atoms with Crippen molar-refractivity contribution in [1.29, 1.82) is 0 Å². The molecule has 6 heteroatoms. The number of benzene rings is 1. The van der Waals surface area contributed by atoms with Crippen molar-refractivity contribution in [2.75, 3.05) is 7.11 Å². The molecular weight excluding hydrogens is 253 g/mol. The maximum absolute atomic E-state index is 12.8. The zero-order valence-electron chi connectivity index (χ0n) is 10.9. The third-order valence-corrected chi connectivity index (χ3v) is 2.61. The molecule has 1 unspecified atom stereocenters. The fraction of sp³-hybridized carbons (Fsp3) is 0.385. The maximum Gasteiger partial charge on any atom is 0.328 e. The first-order valence-electron chi connectivity index (χ1n) is 5.74. The van der Waals surface area contributed by atoms with Crippen LogP contribution in [0.3, 0.4) is 0 Å². The van der Waals surface area contributed by atoms with Gasteiger partial charge >= 0.3 is 5.97 Å². The van der Waals surface area contributed by atoms with Crippen LogP contribution in [-0.2, 0) is 9.53 Å².